The number of rotatable bonds is 1. The molecule has 0 aromatic carbocycles. The van der Waals surface area contributed by atoms with Crippen molar-refractivity contribution in [2.24, 2.45) is 11.1 Å². The largest absolute Gasteiger partial charge is 0.321 e. The third kappa shape index (κ3) is 1.89. The lowest BCUT2D eigenvalue weighted by molar-refractivity contribution is -0.143. The topological polar surface area (TPSA) is 26.0 Å². The molecular weight excluding hydrogens is 148 g/mol. The lowest BCUT2D eigenvalue weighted by Crippen LogP contribution is -2.57. The zero-order valence-electron chi connectivity index (χ0n) is 7.83. The van der Waals surface area contributed by atoms with Crippen LogP contribution in [-0.4, -0.2) is 11.5 Å². The maximum atomic E-state index is 13.3. The van der Waals surface area contributed by atoms with Gasteiger partial charge in [-0.25, -0.2) is 8.78 Å². The summed E-state index contributed by atoms with van der Waals surface area (Å²) in [5.41, 5.74) is 2.82. The third-order valence-corrected chi connectivity index (χ3v) is 1.75. The van der Waals surface area contributed by atoms with Gasteiger partial charge in [0.05, 0.1) is 5.54 Å². The molecule has 0 atom stereocenters. The van der Waals surface area contributed by atoms with Crippen LogP contribution in [0.4, 0.5) is 8.78 Å². The van der Waals surface area contributed by atoms with Crippen LogP contribution in [-0.2, 0) is 0 Å². The highest BCUT2D eigenvalue weighted by Gasteiger charge is 2.52. The van der Waals surface area contributed by atoms with E-state index in [-0.39, 0.29) is 0 Å². The number of hydrogen-bond acceptors (Lipinski definition) is 1. The Labute approximate surface area is 67.0 Å². The Bertz CT molecular complexity index is 123. The monoisotopic (exact) mass is 165 g/mol. The highest BCUT2D eigenvalue weighted by Crippen LogP contribution is 2.42. The van der Waals surface area contributed by atoms with Crippen LogP contribution in [0, 0.1) is 5.41 Å². The van der Waals surface area contributed by atoms with Gasteiger partial charge < -0.3 is 5.73 Å². The summed E-state index contributed by atoms with van der Waals surface area (Å²) >= 11 is 0. The van der Waals surface area contributed by atoms with Gasteiger partial charge >= 0.3 is 0 Å². The number of hydrogen-bond donors (Lipinski definition) is 1. The van der Waals surface area contributed by atoms with E-state index in [0.29, 0.717) is 0 Å². The molecule has 0 radical (unpaired) electrons. The van der Waals surface area contributed by atoms with Gasteiger partial charge in [-0.05, 0) is 13.8 Å². The van der Waals surface area contributed by atoms with Crippen molar-refractivity contribution in [3.05, 3.63) is 0 Å². The van der Waals surface area contributed by atoms with Crippen molar-refractivity contribution in [2.45, 2.75) is 46.1 Å². The van der Waals surface area contributed by atoms with Crippen LogP contribution in [0.5, 0.6) is 0 Å². The summed E-state index contributed by atoms with van der Waals surface area (Å²) in [6.07, 6.45) is 0. The van der Waals surface area contributed by atoms with Gasteiger partial charge in [-0.1, -0.05) is 20.8 Å². The normalized spacial score (nSPS) is 15.3. The van der Waals surface area contributed by atoms with Crippen LogP contribution in [0.25, 0.3) is 0 Å². The van der Waals surface area contributed by atoms with Gasteiger partial charge in [0.15, 0.2) is 0 Å². The van der Waals surface area contributed by atoms with Crippen molar-refractivity contribution in [3.8, 4) is 0 Å². The number of nitrogens with two attached hydrogens (primary N) is 1. The molecule has 0 aromatic heterocycles. The van der Waals surface area contributed by atoms with E-state index >= 15 is 0 Å². The first-order chi connectivity index (χ1) is 4.50. The van der Waals surface area contributed by atoms with E-state index in [1.54, 1.807) is 0 Å². The molecular formula is C8H17F2N. The van der Waals surface area contributed by atoms with Crippen molar-refractivity contribution in [1.82, 2.24) is 0 Å². The van der Waals surface area contributed by atoms with Gasteiger partial charge in [-0.2, -0.15) is 0 Å². The minimum atomic E-state index is -2.85. The second kappa shape index (κ2) is 2.41. The molecule has 0 aliphatic carbocycles. The Morgan fingerprint density at radius 2 is 1.18 bits per heavy atom. The maximum Gasteiger partial charge on any atom is 0.269 e. The van der Waals surface area contributed by atoms with Gasteiger partial charge in [-0.3, -0.25) is 0 Å². The van der Waals surface area contributed by atoms with Gasteiger partial charge in [0.2, 0.25) is 0 Å². The van der Waals surface area contributed by atoms with E-state index < -0.39 is 16.9 Å². The lowest BCUT2D eigenvalue weighted by atomic mass is 9.78. The number of halogens is 2. The summed E-state index contributed by atoms with van der Waals surface area (Å²) in [5.74, 6) is -2.85. The second-order valence-corrected chi connectivity index (χ2v) is 4.55. The van der Waals surface area contributed by atoms with Crippen LogP contribution >= 0.6 is 0 Å². The predicted molar refractivity (Wildman–Crippen MR) is 42.7 cm³/mol. The molecule has 68 valence electrons. The first kappa shape index (κ1) is 10.8. The molecule has 0 aliphatic heterocycles. The molecule has 0 saturated carbocycles. The molecule has 0 rings (SSSR count). The van der Waals surface area contributed by atoms with Crippen molar-refractivity contribution in [1.29, 1.82) is 0 Å². The zero-order valence-corrected chi connectivity index (χ0v) is 7.83. The van der Waals surface area contributed by atoms with Crippen LogP contribution in [0.2, 0.25) is 0 Å². The van der Waals surface area contributed by atoms with Gasteiger partial charge in [0.1, 0.15) is 0 Å². The molecule has 2 N–H and O–H groups in total. The van der Waals surface area contributed by atoms with Crippen LogP contribution in [0.15, 0.2) is 0 Å². The molecule has 0 saturated heterocycles. The maximum absolute atomic E-state index is 13.3. The molecule has 11 heavy (non-hydrogen) atoms. The fourth-order valence-corrected chi connectivity index (χ4v) is 0.967. The van der Waals surface area contributed by atoms with Crippen LogP contribution in [0.3, 0.4) is 0 Å². The molecule has 0 bridgehead atoms. The smallest absolute Gasteiger partial charge is 0.269 e. The average Bonchev–Trinajstić information content (AvgIpc) is 1.58. The summed E-state index contributed by atoms with van der Waals surface area (Å²) < 4.78 is 26.6. The molecule has 3 heteroatoms. The fraction of sp³-hybridized carbons (Fsp3) is 1.00. The highest BCUT2D eigenvalue weighted by atomic mass is 19.3. The van der Waals surface area contributed by atoms with Crippen molar-refractivity contribution >= 4 is 0 Å². The summed E-state index contributed by atoms with van der Waals surface area (Å²) in [4.78, 5) is 0. The quantitative estimate of drug-likeness (QED) is 0.634. The summed E-state index contributed by atoms with van der Waals surface area (Å²) in [6.45, 7) is 7.15. The van der Waals surface area contributed by atoms with Gasteiger partial charge in [0.25, 0.3) is 5.92 Å². The summed E-state index contributed by atoms with van der Waals surface area (Å²) in [7, 11) is 0. The Kier molecular flexibility index (Phi) is 2.37. The highest BCUT2D eigenvalue weighted by molar-refractivity contribution is 4.97. The van der Waals surface area contributed by atoms with E-state index in [2.05, 4.69) is 0 Å². The second-order valence-electron chi connectivity index (χ2n) is 4.55. The first-order valence-electron chi connectivity index (χ1n) is 3.67. The van der Waals surface area contributed by atoms with Crippen molar-refractivity contribution < 1.29 is 8.78 Å². The van der Waals surface area contributed by atoms with Crippen LogP contribution < -0.4 is 5.73 Å². The minimum absolute atomic E-state index is 1.08. The van der Waals surface area contributed by atoms with E-state index in [9.17, 15) is 8.78 Å². The lowest BCUT2D eigenvalue weighted by Gasteiger charge is -2.39. The predicted octanol–water partition coefficient (Wildman–Crippen LogP) is 2.41. The number of alkyl halides is 2. The van der Waals surface area contributed by atoms with E-state index in [0.717, 1.165) is 0 Å². The third-order valence-electron chi connectivity index (χ3n) is 1.75. The van der Waals surface area contributed by atoms with Crippen LogP contribution in [0.1, 0.15) is 34.6 Å². The van der Waals surface area contributed by atoms with Crippen molar-refractivity contribution in [3.63, 3.8) is 0 Å². The Morgan fingerprint density at radius 1 is 0.909 bits per heavy atom. The molecule has 0 aliphatic rings. The Balaban J connectivity index is 4.75. The molecule has 0 heterocycles. The molecule has 1 nitrogen and oxygen atoms in total. The molecule has 0 amide bonds. The first-order valence-corrected chi connectivity index (χ1v) is 3.67. The average molecular weight is 165 g/mol. The SMILES string of the molecule is CC(C)(C)C(F)(F)C(C)(C)N. The standard InChI is InChI=1S/C8H17F2N/c1-6(2,3)8(9,10)7(4,5)11/h11H2,1-5H3. The zero-order chi connectivity index (χ0) is 9.50. The van der Waals surface area contributed by atoms with Crippen molar-refractivity contribution in [2.75, 3.05) is 0 Å². The van der Waals surface area contributed by atoms with Gasteiger partial charge in [-0.15, -0.1) is 0 Å². The molecule has 0 spiro atoms. The molecule has 0 aromatic rings. The minimum Gasteiger partial charge on any atom is -0.321 e. The van der Waals surface area contributed by atoms with E-state index in [4.69, 9.17) is 5.73 Å². The molecule has 0 unspecified atom stereocenters. The van der Waals surface area contributed by atoms with E-state index in [1.165, 1.54) is 34.6 Å². The van der Waals surface area contributed by atoms with E-state index in [1.807, 2.05) is 0 Å². The Morgan fingerprint density at radius 3 is 1.18 bits per heavy atom. The Hall–Kier alpha value is -0.180. The molecule has 0 fully saturated rings. The summed E-state index contributed by atoms with van der Waals surface area (Å²) in [6, 6.07) is 0. The fourth-order valence-electron chi connectivity index (χ4n) is 0.967. The summed E-state index contributed by atoms with van der Waals surface area (Å²) in [5, 5.41) is 0. The van der Waals surface area contributed by atoms with Gasteiger partial charge in [0, 0.05) is 5.41 Å².